The van der Waals surface area contributed by atoms with Crippen LogP contribution in [-0.2, 0) is 14.3 Å². The molecule has 1 amide bonds. The standard InChI is InChI=1S/C19H17ClN2O6/c1-2-27-17-6-4-3-5-13(17)7-10-19(24)28-12-18(23)21-14-8-9-15(20)16(11-14)22(25)26/h3-11H,2,12H2,1H3,(H,21,23)/b10-7+. The summed E-state index contributed by atoms with van der Waals surface area (Å²) in [5.41, 5.74) is 0.518. The van der Waals surface area contributed by atoms with E-state index in [1.807, 2.05) is 13.0 Å². The number of nitro groups is 1. The van der Waals surface area contributed by atoms with Gasteiger partial charge in [-0.25, -0.2) is 4.79 Å². The van der Waals surface area contributed by atoms with Crippen LogP contribution in [0.4, 0.5) is 11.4 Å². The fourth-order valence-corrected chi connectivity index (χ4v) is 2.36. The molecule has 0 unspecified atom stereocenters. The Kier molecular flexibility index (Phi) is 7.53. The largest absolute Gasteiger partial charge is 0.493 e. The number of carbonyl (C=O) groups is 2. The second kappa shape index (κ2) is 10.1. The third-order valence-electron chi connectivity index (χ3n) is 3.39. The summed E-state index contributed by atoms with van der Waals surface area (Å²) in [5, 5.41) is 13.2. The molecule has 28 heavy (non-hydrogen) atoms. The summed E-state index contributed by atoms with van der Waals surface area (Å²) in [4.78, 5) is 33.8. The third kappa shape index (κ3) is 6.10. The number of amides is 1. The van der Waals surface area contributed by atoms with Crippen molar-refractivity contribution in [3.8, 4) is 5.75 Å². The van der Waals surface area contributed by atoms with Crippen molar-refractivity contribution in [2.75, 3.05) is 18.5 Å². The maximum atomic E-state index is 11.9. The van der Waals surface area contributed by atoms with E-state index >= 15 is 0 Å². The predicted octanol–water partition coefficient (Wildman–Crippen LogP) is 3.84. The zero-order valence-corrected chi connectivity index (χ0v) is 15.6. The van der Waals surface area contributed by atoms with E-state index in [0.717, 1.165) is 6.07 Å². The van der Waals surface area contributed by atoms with Crippen LogP contribution in [0.15, 0.2) is 48.5 Å². The van der Waals surface area contributed by atoms with Gasteiger partial charge in [-0.05, 0) is 31.2 Å². The van der Waals surface area contributed by atoms with Crippen molar-refractivity contribution in [3.05, 3.63) is 69.2 Å². The maximum Gasteiger partial charge on any atom is 0.331 e. The quantitative estimate of drug-likeness (QED) is 0.310. The highest BCUT2D eigenvalue weighted by Gasteiger charge is 2.14. The second-order valence-electron chi connectivity index (χ2n) is 5.38. The third-order valence-corrected chi connectivity index (χ3v) is 3.71. The molecule has 0 atom stereocenters. The SMILES string of the molecule is CCOc1ccccc1/C=C/C(=O)OCC(=O)Nc1ccc(Cl)c([N+](=O)[O-])c1. The van der Waals surface area contributed by atoms with Crippen LogP contribution in [0.2, 0.25) is 5.02 Å². The summed E-state index contributed by atoms with van der Waals surface area (Å²) in [6.45, 7) is 1.79. The Bertz CT molecular complexity index is 913. The Labute approximate surface area is 165 Å². The van der Waals surface area contributed by atoms with Gasteiger partial charge >= 0.3 is 5.97 Å². The topological polar surface area (TPSA) is 108 Å². The van der Waals surface area contributed by atoms with E-state index in [2.05, 4.69) is 5.32 Å². The Hall–Kier alpha value is -3.39. The van der Waals surface area contributed by atoms with Crippen LogP contribution in [-0.4, -0.2) is 30.0 Å². The molecule has 0 saturated carbocycles. The zero-order valence-electron chi connectivity index (χ0n) is 14.9. The minimum Gasteiger partial charge on any atom is -0.493 e. The molecule has 0 aromatic heterocycles. The first-order valence-electron chi connectivity index (χ1n) is 8.21. The van der Waals surface area contributed by atoms with Crippen LogP contribution in [0, 0.1) is 10.1 Å². The van der Waals surface area contributed by atoms with E-state index in [-0.39, 0.29) is 16.4 Å². The number of esters is 1. The highest BCUT2D eigenvalue weighted by molar-refractivity contribution is 6.32. The first-order chi connectivity index (χ1) is 13.4. The average molecular weight is 405 g/mol. The number of hydrogen-bond acceptors (Lipinski definition) is 6. The van der Waals surface area contributed by atoms with Gasteiger partial charge in [0.1, 0.15) is 10.8 Å². The van der Waals surface area contributed by atoms with Crippen molar-refractivity contribution in [1.29, 1.82) is 0 Å². The van der Waals surface area contributed by atoms with E-state index in [0.29, 0.717) is 17.9 Å². The van der Waals surface area contributed by atoms with Gasteiger partial charge in [0.05, 0.1) is 11.5 Å². The molecule has 0 spiro atoms. The molecule has 0 heterocycles. The molecular formula is C19H17ClN2O6. The van der Waals surface area contributed by atoms with Crippen LogP contribution < -0.4 is 10.1 Å². The van der Waals surface area contributed by atoms with Crippen molar-refractivity contribution in [2.24, 2.45) is 0 Å². The fraction of sp³-hybridized carbons (Fsp3) is 0.158. The molecule has 0 radical (unpaired) electrons. The molecule has 2 aromatic carbocycles. The van der Waals surface area contributed by atoms with Crippen molar-refractivity contribution in [3.63, 3.8) is 0 Å². The molecule has 0 saturated heterocycles. The van der Waals surface area contributed by atoms with Gasteiger partial charge in [-0.2, -0.15) is 0 Å². The zero-order chi connectivity index (χ0) is 20.5. The number of nitro benzene ring substituents is 1. The van der Waals surface area contributed by atoms with Gasteiger partial charge < -0.3 is 14.8 Å². The predicted molar refractivity (Wildman–Crippen MR) is 104 cm³/mol. The molecule has 2 aromatic rings. The number of ether oxygens (including phenoxy) is 2. The van der Waals surface area contributed by atoms with Crippen LogP contribution in [0.3, 0.4) is 0 Å². The number of anilines is 1. The Morgan fingerprint density at radius 2 is 2.00 bits per heavy atom. The molecule has 8 nitrogen and oxygen atoms in total. The van der Waals surface area contributed by atoms with Gasteiger partial charge in [0, 0.05) is 23.4 Å². The van der Waals surface area contributed by atoms with Gasteiger partial charge in [-0.1, -0.05) is 29.8 Å². The lowest BCUT2D eigenvalue weighted by Crippen LogP contribution is -2.20. The van der Waals surface area contributed by atoms with Gasteiger partial charge in [0.15, 0.2) is 6.61 Å². The van der Waals surface area contributed by atoms with Gasteiger partial charge in [0.2, 0.25) is 0 Å². The number of benzene rings is 2. The van der Waals surface area contributed by atoms with Gasteiger partial charge in [-0.3, -0.25) is 14.9 Å². The van der Waals surface area contributed by atoms with E-state index in [4.69, 9.17) is 21.1 Å². The molecule has 1 N–H and O–H groups in total. The number of halogens is 1. The summed E-state index contributed by atoms with van der Waals surface area (Å²) >= 11 is 5.71. The smallest absolute Gasteiger partial charge is 0.331 e. The van der Waals surface area contributed by atoms with Crippen molar-refractivity contribution in [2.45, 2.75) is 6.92 Å². The lowest BCUT2D eigenvalue weighted by Gasteiger charge is -2.07. The van der Waals surface area contributed by atoms with Gasteiger partial charge in [-0.15, -0.1) is 0 Å². The first-order valence-corrected chi connectivity index (χ1v) is 8.59. The molecule has 0 bridgehead atoms. The molecule has 2 rings (SSSR count). The maximum absolute atomic E-state index is 11.9. The Balaban J connectivity index is 1.90. The fourth-order valence-electron chi connectivity index (χ4n) is 2.18. The summed E-state index contributed by atoms with van der Waals surface area (Å²) in [7, 11) is 0. The van der Waals surface area contributed by atoms with Gasteiger partial charge in [0.25, 0.3) is 11.6 Å². The highest BCUT2D eigenvalue weighted by Crippen LogP contribution is 2.27. The normalized spacial score (nSPS) is 10.5. The Morgan fingerprint density at radius 3 is 2.71 bits per heavy atom. The molecule has 9 heteroatoms. The minimum atomic E-state index is -0.719. The van der Waals surface area contributed by atoms with Crippen LogP contribution >= 0.6 is 11.6 Å². The van der Waals surface area contributed by atoms with E-state index in [1.54, 1.807) is 18.2 Å². The van der Waals surface area contributed by atoms with Crippen LogP contribution in [0.5, 0.6) is 5.75 Å². The first kappa shape index (κ1) is 20.9. The Morgan fingerprint density at radius 1 is 1.25 bits per heavy atom. The van der Waals surface area contributed by atoms with Crippen molar-refractivity contribution in [1.82, 2.24) is 0 Å². The number of hydrogen-bond donors (Lipinski definition) is 1. The lowest BCUT2D eigenvalue weighted by molar-refractivity contribution is -0.384. The van der Waals surface area contributed by atoms with Crippen LogP contribution in [0.1, 0.15) is 12.5 Å². The summed E-state index contributed by atoms with van der Waals surface area (Å²) in [6.07, 6.45) is 2.70. The summed E-state index contributed by atoms with van der Waals surface area (Å²) in [6, 6.07) is 11.0. The van der Waals surface area contributed by atoms with E-state index in [9.17, 15) is 19.7 Å². The van der Waals surface area contributed by atoms with Crippen LogP contribution in [0.25, 0.3) is 6.08 Å². The molecule has 0 fully saturated rings. The summed E-state index contributed by atoms with van der Waals surface area (Å²) < 4.78 is 10.3. The van der Waals surface area contributed by atoms with Crippen molar-refractivity contribution < 1.29 is 24.0 Å². The second-order valence-corrected chi connectivity index (χ2v) is 5.79. The number of carbonyl (C=O) groups excluding carboxylic acids is 2. The molecule has 146 valence electrons. The highest BCUT2D eigenvalue weighted by atomic mass is 35.5. The minimum absolute atomic E-state index is 0.0492. The number of rotatable bonds is 8. The number of nitrogens with one attached hydrogen (secondary N) is 1. The summed E-state index contributed by atoms with van der Waals surface area (Å²) in [5.74, 6) is -0.743. The monoisotopic (exact) mass is 404 g/mol. The van der Waals surface area contributed by atoms with E-state index in [1.165, 1.54) is 24.3 Å². The molecule has 0 aliphatic carbocycles. The lowest BCUT2D eigenvalue weighted by atomic mass is 10.2. The molecular weight excluding hydrogens is 388 g/mol. The number of nitrogens with zero attached hydrogens (tertiary/aromatic N) is 1. The number of para-hydroxylation sites is 1. The molecule has 0 aliphatic heterocycles. The van der Waals surface area contributed by atoms with E-state index < -0.39 is 23.4 Å². The van der Waals surface area contributed by atoms with Crippen molar-refractivity contribution >= 4 is 40.9 Å². The molecule has 0 aliphatic rings. The average Bonchev–Trinajstić information content (AvgIpc) is 2.67.